The Labute approximate surface area is 140 Å². The lowest BCUT2D eigenvalue weighted by molar-refractivity contribution is 0.0600. The number of ether oxygens (including phenoxy) is 1. The van der Waals surface area contributed by atoms with E-state index in [9.17, 15) is 9.59 Å². The fourth-order valence-electron chi connectivity index (χ4n) is 4.15. The monoisotopic (exact) mass is 332 g/mol. The second kappa shape index (κ2) is 7.76. The standard InChI is InChI=1S/C19H28O3Si/c1-13(2)23(14(3)4,15(5)6)18(12-20)16-8-10-17(11-9-16)19(21)22-7/h8-11,13-15H,1-7H3. The molecule has 0 aliphatic heterocycles. The molecule has 0 unspecified atom stereocenters. The fourth-order valence-corrected chi connectivity index (χ4v) is 10.7. The smallest absolute Gasteiger partial charge is 0.337 e. The van der Waals surface area contributed by atoms with Crippen molar-refractivity contribution in [2.75, 3.05) is 7.11 Å². The van der Waals surface area contributed by atoms with Crippen molar-refractivity contribution in [2.45, 2.75) is 58.2 Å². The van der Waals surface area contributed by atoms with Gasteiger partial charge in [0.1, 0.15) is 14.0 Å². The summed E-state index contributed by atoms with van der Waals surface area (Å²) in [4.78, 5) is 23.5. The highest BCUT2D eigenvalue weighted by Crippen LogP contribution is 2.48. The Hall–Kier alpha value is -1.64. The Morgan fingerprint density at radius 1 is 0.913 bits per heavy atom. The highest BCUT2D eigenvalue weighted by Gasteiger charge is 2.47. The molecule has 0 aliphatic carbocycles. The van der Waals surface area contributed by atoms with Gasteiger partial charge < -0.3 is 4.74 Å². The zero-order chi connectivity index (χ0) is 17.8. The topological polar surface area (TPSA) is 43.4 Å². The minimum absolute atomic E-state index is 0.367. The summed E-state index contributed by atoms with van der Waals surface area (Å²) in [6, 6.07) is 7.14. The normalized spacial score (nSPS) is 11.7. The maximum absolute atomic E-state index is 11.9. The van der Waals surface area contributed by atoms with Crippen LogP contribution in [0.4, 0.5) is 0 Å². The van der Waals surface area contributed by atoms with Crippen LogP contribution in [0.3, 0.4) is 0 Å². The zero-order valence-corrected chi connectivity index (χ0v) is 16.3. The molecular formula is C19H28O3Si. The van der Waals surface area contributed by atoms with Gasteiger partial charge in [0.25, 0.3) is 0 Å². The molecule has 4 heteroatoms. The van der Waals surface area contributed by atoms with E-state index in [1.54, 1.807) is 12.1 Å². The zero-order valence-electron chi connectivity index (χ0n) is 15.3. The number of esters is 1. The molecule has 0 saturated heterocycles. The molecule has 1 rings (SSSR count). The Balaban J connectivity index is 3.46. The van der Waals surface area contributed by atoms with Crippen molar-refractivity contribution in [1.82, 2.24) is 0 Å². The van der Waals surface area contributed by atoms with Gasteiger partial charge in [0.2, 0.25) is 0 Å². The van der Waals surface area contributed by atoms with Gasteiger partial charge in [-0.2, -0.15) is 0 Å². The fraction of sp³-hybridized carbons (Fsp3) is 0.526. The SMILES string of the molecule is COC(=O)c1ccc(C(=C=O)[Si](C(C)C)(C(C)C)C(C)C)cc1. The molecule has 0 heterocycles. The van der Waals surface area contributed by atoms with Crippen molar-refractivity contribution in [3.63, 3.8) is 0 Å². The van der Waals surface area contributed by atoms with Crippen LogP contribution in [0.25, 0.3) is 5.20 Å². The van der Waals surface area contributed by atoms with Gasteiger partial charge in [0, 0.05) is 5.20 Å². The number of carbonyl (C=O) groups is 1. The lowest BCUT2D eigenvalue weighted by Gasteiger charge is -2.43. The van der Waals surface area contributed by atoms with Gasteiger partial charge in [-0.25, -0.2) is 9.59 Å². The van der Waals surface area contributed by atoms with E-state index in [0.29, 0.717) is 22.2 Å². The van der Waals surface area contributed by atoms with E-state index in [4.69, 9.17) is 4.74 Å². The third-order valence-corrected chi connectivity index (χ3v) is 12.0. The summed E-state index contributed by atoms with van der Waals surface area (Å²) in [5.41, 5.74) is 2.67. The predicted molar refractivity (Wildman–Crippen MR) is 97.9 cm³/mol. The van der Waals surface area contributed by atoms with Gasteiger partial charge in [-0.05, 0) is 34.3 Å². The van der Waals surface area contributed by atoms with Crippen molar-refractivity contribution in [3.05, 3.63) is 35.4 Å². The molecule has 0 N–H and O–H groups in total. The minimum Gasteiger partial charge on any atom is -0.465 e. The van der Waals surface area contributed by atoms with Crippen molar-refractivity contribution in [1.29, 1.82) is 0 Å². The van der Waals surface area contributed by atoms with E-state index >= 15 is 0 Å². The molecule has 1 aromatic carbocycles. The molecule has 0 radical (unpaired) electrons. The number of hydrogen-bond donors (Lipinski definition) is 0. The van der Waals surface area contributed by atoms with Crippen LogP contribution in [-0.2, 0) is 9.53 Å². The van der Waals surface area contributed by atoms with Crippen LogP contribution in [0.1, 0.15) is 57.5 Å². The Morgan fingerprint density at radius 3 is 1.61 bits per heavy atom. The van der Waals surface area contributed by atoms with Crippen molar-refractivity contribution >= 4 is 25.2 Å². The van der Waals surface area contributed by atoms with Crippen LogP contribution in [0, 0.1) is 0 Å². The lowest BCUT2D eigenvalue weighted by Crippen LogP contribution is -2.46. The Kier molecular flexibility index (Phi) is 6.54. The average molecular weight is 333 g/mol. The third kappa shape index (κ3) is 3.49. The largest absolute Gasteiger partial charge is 0.465 e. The number of hydrogen-bond acceptors (Lipinski definition) is 3. The molecule has 3 nitrogen and oxygen atoms in total. The quantitative estimate of drug-likeness (QED) is 0.422. The van der Waals surface area contributed by atoms with Gasteiger partial charge in [-0.3, -0.25) is 0 Å². The van der Waals surface area contributed by atoms with Crippen LogP contribution < -0.4 is 0 Å². The molecule has 0 aromatic heterocycles. The second-order valence-corrected chi connectivity index (χ2v) is 12.8. The first-order valence-electron chi connectivity index (χ1n) is 8.17. The first-order valence-corrected chi connectivity index (χ1v) is 10.4. The Morgan fingerprint density at radius 2 is 1.30 bits per heavy atom. The summed E-state index contributed by atoms with van der Waals surface area (Å²) >= 11 is 0. The number of benzene rings is 1. The van der Waals surface area contributed by atoms with E-state index < -0.39 is 8.07 Å². The number of carbonyl (C=O) groups excluding carboxylic acids is 2. The first kappa shape index (κ1) is 19.4. The molecule has 0 spiro atoms. The summed E-state index contributed by atoms with van der Waals surface area (Å²) in [5, 5.41) is 0.828. The number of methoxy groups -OCH3 is 1. The van der Waals surface area contributed by atoms with Gasteiger partial charge >= 0.3 is 5.97 Å². The maximum Gasteiger partial charge on any atom is 0.337 e. The molecule has 23 heavy (non-hydrogen) atoms. The predicted octanol–water partition coefficient (Wildman–Crippen LogP) is 4.91. The van der Waals surface area contributed by atoms with Crippen LogP contribution in [0.5, 0.6) is 0 Å². The van der Waals surface area contributed by atoms with Crippen LogP contribution in [-0.4, -0.2) is 27.1 Å². The third-order valence-electron chi connectivity index (χ3n) is 5.00. The van der Waals surface area contributed by atoms with E-state index in [0.717, 1.165) is 10.8 Å². The van der Waals surface area contributed by atoms with E-state index in [2.05, 4.69) is 47.5 Å². The molecule has 1 aromatic rings. The Bertz CT molecular complexity index is 572. The summed E-state index contributed by atoms with van der Waals surface area (Å²) in [6.45, 7) is 13.3. The van der Waals surface area contributed by atoms with Crippen LogP contribution >= 0.6 is 0 Å². The van der Waals surface area contributed by atoms with Gasteiger partial charge in [-0.15, -0.1) is 0 Å². The summed E-state index contributed by atoms with van der Waals surface area (Å²) < 4.78 is 4.73. The number of rotatable bonds is 6. The van der Waals surface area contributed by atoms with E-state index in [1.807, 2.05) is 12.1 Å². The molecular weight excluding hydrogens is 304 g/mol. The maximum atomic E-state index is 11.9. The van der Waals surface area contributed by atoms with Crippen molar-refractivity contribution in [3.8, 4) is 0 Å². The summed E-state index contributed by atoms with van der Waals surface area (Å²) in [6.07, 6.45) is 0. The molecule has 126 valence electrons. The molecule has 0 aliphatic rings. The highest BCUT2D eigenvalue weighted by atomic mass is 28.3. The average Bonchev–Trinajstić information content (AvgIpc) is 2.50. The van der Waals surface area contributed by atoms with Crippen molar-refractivity contribution in [2.24, 2.45) is 0 Å². The van der Waals surface area contributed by atoms with Gasteiger partial charge in [-0.1, -0.05) is 53.7 Å². The minimum atomic E-state index is -2.07. The van der Waals surface area contributed by atoms with E-state index in [-0.39, 0.29) is 5.97 Å². The first-order chi connectivity index (χ1) is 10.7. The highest BCUT2D eigenvalue weighted by molar-refractivity contribution is 7.01. The molecule has 0 saturated carbocycles. The summed E-state index contributed by atoms with van der Waals surface area (Å²) in [5.74, 6) is 1.91. The van der Waals surface area contributed by atoms with E-state index in [1.165, 1.54) is 7.11 Å². The molecule has 0 bridgehead atoms. The molecule has 0 amide bonds. The second-order valence-electron chi connectivity index (χ2n) is 6.94. The lowest BCUT2D eigenvalue weighted by atomic mass is 10.1. The van der Waals surface area contributed by atoms with Gasteiger partial charge in [0.05, 0.1) is 12.7 Å². The van der Waals surface area contributed by atoms with Crippen molar-refractivity contribution < 1.29 is 14.3 Å². The molecule has 0 fully saturated rings. The molecule has 0 atom stereocenters. The summed E-state index contributed by atoms with van der Waals surface area (Å²) in [7, 11) is -0.712. The van der Waals surface area contributed by atoms with Crippen LogP contribution in [0.15, 0.2) is 24.3 Å². The van der Waals surface area contributed by atoms with Gasteiger partial charge in [0.15, 0.2) is 0 Å². The van der Waals surface area contributed by atoms with Crippen LogP contribution in [0.2, 0.25) is 16.6 Å².